The molecule has 2 heterocycles. The molecule has 2 fully saturated rings. The zero-order valence-corrected chi connectivity index (χ0v) is 44.9. The van der Waals surface area contributed by atoms with Crippen LogP contribution in [0, 0.1) is 0 Å². The summed E-state index contributed by atoms with van der Waals surface area (Å²) in [5.41, 5.74) is 0. The van der Waals surface area contributed by atoms with E-state index in [2.05, 4.69) is 19.2 Å². The molecule has 0 spiro atoms. The number of nitrogens with one attached hydrogen (secondary N) is 1. The summed E-state index contributed by atoms with van der Waals surface area (Å²) in [7, 11) is 0. The molecule has 0 unspecified atom stereocenters. The van der Waals surface area contributed by atoms with Crippen LogP contribution in [0.4, 0.5) is 0 Å². The van der Waals surface area contributed by atoms with Crippen LogP contribution in [0.15, 0.2) is 0 Å². The van der Waals surface area contributed by atoms with Gasteiger partial charge in [0.15, 0.2) is 12.6 Å². The van der Waals surface area contributed by atoms with Crippen LogP contribution in [0.25, 0.3) is 0 Å². The predicted molar refractivity (Wildman–Crippen MR) is 278 cm³/mol. The molecule has 2 saturated heterocycles. The van der Waals surface area contributed by atoms with Crippen LogP contribution < -0.4 is 5.32 Å². The lowest BCUT2D eigenvalue weighted by molar-refractivity contribution is -0.322. The van der Waals surface area contributed by atoms with Gasteiger partial charge in [-0.2, -0.15) is 0 Å². The van der Waals surface area contributed by atoms with Crippen molar-refractivity contribution in [1.29, 1.82) is 0 Å². The Bertz CT molecular complexity index is 1220. The standard InChI is InChI=1S/C56H109NO14/c1-3-5-7-9-11-13-15-17-19-20-21-22-23-24-25-27-29-31-33-35-37-39-45(59)54(67)57-43(48(61)44(58)38-36-34-32-30-28-26-18-16-14-12-10-8-6-4-2)40-68-56-53(66)51(64)50(63)47(71-56)42-70-55-52(65)49(62)46(60)41-69-55/h43-53,55-56,58-66H,3-42H2,1-2H3,(H,57,67)/t43-,44+,45+,46+,47+,48-,49+,50+,51-,52-,53+,55-,56+/m0/s1. The monoisotopic (exact) mass is 1020 g/mol. The van der Waals surface area contributed by atoms with Crippen LogP contribution in [0.5, 0.6) is 0 Å². The Hall–Kier alpha value is -1.05. The van der Waals surface area contributed by atoms with Crippen LogP contribution in [0.2, 0.25) is 0 Å². The Morgan fingerprint density at radius 2 is 0.859 bits per heavy atom. The molecule has 10 N–H and O–H groups in total. The van der Waals surface area contributed by atoms with Gasteiger partial charge < -0.3 is 70.2 Å². The first-order valence-electron chi connectivity index (χ1n) is 29.4. The summed E-state index contributed by atoms with van der Waals surface area (Å²) in [5, 5.41) is 98.2. The van der Waals surface area contributed by atoms with Crippen molar-refractivity contribution in [2.75, 3.05) is 19.8 Å². The molecule has 13 atom stereocenters. The molecule has 0 aliphatic carbocycles. The van der Waals surface area contributed by atoms with E-state index in [1.54, 1.807) is 0 Å². The van der Waals surface area contributed by atoms with Crippen LogP contribution >= 0.6 is 0 Å². The summed E-state index contributed by atoms with van der Waals surface area (Å²) in [6.07, 6.45) is 25.4. The summed E-state index contributed by atoms with van der Waals surface area (Å²) < 4.78 is 22.3. The summed E-state index contributed by atoms with van der Waals surface area (Å²) in [4.78, 5) is 13.3. The highest BCUT2D eigenvalue weighted by Gasteiger charge is 2.46. The Morgan fingerprint density at radius 3 is 1.28 bits per heavy atom. The Morgan fingerprint density at radius 1 is 0.479 bits per heavy atom. The fourth-order valence-electron chi connectivity index (χ4n) is 9.90. The van der Waals surface area contributed by atoms with E-state index in [4.69, 9.17) is 18.9 Å². The van der Waals surface area contributed by atoms with E-state index in [0.29, 0.717) is 12.8 Å². The maximum Gasteiger partial charge on any atom is 0.249 e. The number of ether oxygens (including phenoxy) is 4. The van der Waals surface area contributed by atoms with Gasteiger partial charge in [0.1, 0.15) is 54.9 Å². The van der Waals surface area contributed by atoms with Gasteiger partial charge in [-0.15, -0.1) is 0 Å². The normalized spacial score (nSPS) is 25.5. The summed E-state index contributed by atoms with van der Waals surface area (Å²) in [5.74, 6) is -0.736. The second kappa shape index (κ2) is 43.1. The molecule has 0 bridgehead atoms. The lowest BCUT2D eigenvalue weighted by atomic mass is 9.98. The molecule has 0 aromatic heterocycles. The van der Waals surface area contributed by atoms with Gasteiger partial charge in [0, 0.05) is 0 Å². The first kappa shape index (κ1) is 66.1. The molecule has 2 rings (SSSR count). The molecule has 0 aromatic carbocycles. The number of carbonyl (C=O) groups excluding carboxylic acids is 1. The average Bonchev–Trinajstić information content (AvgIpc) is 3.36. The zero-order chi connectivity index (χ0) is 51.9. The fourth-order valence-corrected chi connectivity index (χ4v) is 9.90. The summed E-state index contributed by atoms with van der Waals surface area (Å²) >= 11 is 0. The molecule has 0 saturated carbocycles. The number of rotatable bonds is 47. The van der Waals surface area contributed by atoms with Crippen molar-refractivity contribution in [3.63, 3.8) is 0 Å². The minimum atomic E-state index is -1.77. The van der Waals surface area contributed by atoms with E-state index in [1.165, 1.54) is 173 Å². The van der Waals surface area contributed by atoms with Crippen LogP contribution in [0.1, 0.15) is 251 Å². The lowest BCUT2D eigenvalue weighted by Crippen LogP contribution is -2.61. The summed E-state index contributed by atoms with van der Waals surface area (Å²) in [6.45, 7) is 3.20. The number of hydrogen-bond acceptors (Lipinski definition) is 14. The maximum atomic E-state index is 13.3. The first-order chi connectivity index (χ1) is 34.4. The molecule has 71 heavy (non-hydrogen) atoms. The van der Waals surface area contributed by atoms with Gasteiger partial charge in [-0.05, 0) is 12.8 Å². The highest BCUT2D eigenvalue weighted by atomic mass is 16.7. The highest BCUT2D eigenvalue weighted by Crippen LogP contribution is 2.26. The summed E-state index contributed by atoms with van der Waals surface area (Å²) in [6, 6.07) is -1.24. The van der Waals surface area contributed by atoms with Crippen LogP contribution in [0.3, 0.4) is 0 Å². The third-order valence-corrected chi connectivity index (χ3v) is 14.9. The van der Waals surface area contributed by atoms with Gasteiger partial charge in [-0.1, -0.05) is 239 Å². The fraction of sp³-hybridized carbons (Fsp3) is 0.982. The van der Waals surface area contributed by atoms with E-state index in [9.17, 15) is 50.8 Å². The Balaban J connectivity index is 1.77. The minimum Gasteiger partial charge on any atom is -0.390 e. The van der Waals surface area contributed by atoms with Crippen molar-refractivity contribution in [2.45, 2.75) is 331 Å². The van der Waals surface area contributed by atoms with Gasteiger partial charge in [0.05, 0.1) is 32.0 Å². The molecule has 15 nitrogen and oxygen atoms in total. The van der Waals surface area contributed by atoms with E-state index in [1.807, 2.05) is 0 Å². The Kier molecular flexibility index (Phi) is 40.1. The van der Waals surface area contributed by atoms with Gasteiger partial charge in [-0.25, -0.2) is 0 Å². The number of aliphatic hydroxyl groups excluding tert-OH is 9. The highest BCUT2D eigenvalue weighted by molar-refractivity contribution is 5.80. The first-order valence-corrected chi connectivity index (χ1v) is 29.4. The number of aliphatic hydroxyl groups is 9. The largest absolute Gasteiger partial charge is 0.390 e. The van der Waals surface area contributed by atoms with Gasteiger partial charge in [0.25, 0.3) is 0 Å². The molecular formula is C56H109NO14. The van der Waals surface area contributed by atoms with E-state index < -0.39 is 98.8 Å². The third kappa shape index (κ3) is 30.3. The Labute approximate surface area is 430 Å². The number of carbonyl (C=O) groups is 1. The topological polar surface area (TPSA) is 248 Å². The van der Waals surface area contributed by atoms with Crippen molar-refractivity contribution in [2.24, 2.45) is 0 Å². The zero-order valence-electron chi connectivity index (χ0n) is 44.9. The number of unbranched alkanes of at least 4 members (excludes halogenated alkanes) is 33. The molecule has 2 aliphatic rings. The number of hydrogen-bond donors (Lipinski definition) is 10. The molecule has 2 aliphatic heterocycles. The van der Waals surface area contributed by atoms with Gasteiger partial charge in [-0.3, -0.25) is 4.79 Å². The average molecular weight is 1020 g/mol. The molecule has 0 radical (unpaired) electrons. The van der Waals surface area contributed by atoms with Crippen molar-refractivity contribution in [3.8, 4) is 0 Å². The maximum absolute atomic E-state index is 13.3. The molecule has 15 heteroatoms. The van der Waals surface area contributed by atoms with E-state index >= 15 is 0 Å². The second-order valence-electron chi connectivity index (χ2n) is 21.4. The molecular weight excluding hydrogens is 911 g/mol. The number of amides is 1. The van der Waals surface area contributed by atoms with Crippen molar-refractivity contribution < 1.29 is 69.7 Å². The molecule has 1 amide bonds. The van der Waals surface area contributed by atoms with E-state index in [0.717, 1.165) is 38.5 Å². The minimum absolute atomic E-state index is 0.224. The second-order valence-corrected chi connectivity index (χ2v) is 21.4. The quantitative estimate of drug-likeness (QED) is 0.0258. The molecule has 0 aromatic rings. The van der Waals surface area contributed by atoms with Crippen molar-refractivity contribution >= 4 is 5.91 Å². The van der Waals surface area contributed by atoms with Gasteiger partial charge in [0.2, 0.25) is 5.91 Å². The molecule has 422 valence electrons. The van der Waals surface area contributed by atoms with Crippen LogP contribution in [-0.2, 0) is 23.7 Å². The third-order valence-electron chi connectivity index (χ3n) is 14.9. The van der Waals surface area contributed by atoms with Crippen LogP contribution in [-0.4, -0.2) is 151 Å². The lowest BCUT2D eigenvalue weighted by Gasteiger charge is -2.42. The van der Waals surface area contributed by atoms with Crippen molar-refractivity contribution in [1.82, 2.24) is 5.32 Å². The predicted octanol–water partition coefficient (Wildman–Crippen LogP) is 8.31. The van der Waals surface area contributed by atoms with E-state index in [-0.39, 0.29) is 19.4 Å². The smallest absolute Gasteiger partial charge is 0.249 e. The van der Waals surface area contributed by atoms with Gasteiger partial charge >= 0.3 is 0 Å². The SMILES string of the molecule is CCCCCCCCCCCCCCCCCCCCCCC[C@@H](O)C(=O)N[C@@H](CO[C@@H]1O[C@H](CO[C@@H]2OC[C@@H](O)[C@@H](O)[C@@H]2O)[C@@H](O)[C@H](O)[C@H]1O)[C@H](O)[C@H](O)CCCCCCCCCCCCCCCC. The van der Waals surface area contributed by atoms with Crippen molar-refractivity contribution in [3.05, 3.63) is 0 Å².